The summed E-state index contributed by atoms with van der Waals surface area (Å²) in [5.41, 5.74) is 0.544. The molecule has 0 bridgehead atoms. The number of carboxylic acids is 1. The number of thioether (sulfide) groups is 1. The molecule has 1 N–H and O–H groups in total. The van der Waals surface area contributed by atoms with Crippen LogP contribution in [-0.4, -0.2) is 44.1 Å². The standard InChI is InChI=1S/C12H15BrN2O3S/c1-2-3-14-5-8(13)4-9(14)11(16)15-7-19-6-10(15)12(17)18/h4-5,10H,2-3,6-7H2,1H3,(H,17,18)/t10-/m0/s1. The molecule has 7 heteroatoms. The molecule has 1 aliphatic heterocycles. The minimum absolute atomic E-state index is 0.212. The van der Waals surface area contributed by atoms with Crippen LogP contribution in [0.4, 0.5) is 0 Å². The number of aliphatic carboxylic acids is 1. The monoisotopic (exact) mass is 346 g/mol. The van der Waals surface area contributed by atoms with Gasteiger partial charge in [0.1, 0.15) is 11.7 Å². The quantitative estimate of drug-likeness (QED) is 0.908. The van der Waals surface area contributed by atoms with Crippen LogP contribution in [0.5, 0.6) is 0 Å². The number of aryl methyl sites for hydroxylation is 1. The average Bonchev–Trinajstić information content (AvgIpc) is 2.95. The van der Waals surface area contributed by atoms with Gasteiger partial charge < -0.3 is 14.6 Å². The van der Waals surface area contributed by atoms with Crippen LogP contribution in [0, 0.1) is 0 Å². The molecule has 19 heavy (non-hydrogen) atoms. The van der Waals surface area contributed by atoms with E-state index in [9.17, 15) is 9.59 Å². The number of carboxylic acid groups (broad SMARTS) is 1. The molecular formula is C12H15BrN2O3S. The fourth-order valence-corrected chi connectivity index (χ4v) is 3.68. The molecule has 2 rings (SSSR count). The van der Waals surface area contributed by atoms with Gasteiger partial charge in [-0.3, -0.25) is 4.79 Å². The molecular weight excluding hydrogens is 332 g/mol. The molecule has 104 valence electrons. The summed E-state index contributed by atoms with van der Waals surface area (Å²) in [6.07, 6.45) is 2.77. The predicted octanol–water partition coefficient (Wildman–Crippen LogP) is 2.26. The van der Waals surface area contributed by atoms with Crippen molar-refractivity contribution in [2.24, 2.45) is 0 Å². The number of amides is 1. The SMILES string of the molecule is CCCn1cc(Br)cc1C(=O)N1CSC[C@H]1C(=O)O. The molecule has 0 aromatic carbocycles. The second-order valence-corrected chi connectivity index (χ2v) is 6.28. The Morgan fingerprint density at radius 1 is 1.58 bits per heavy atom. The van der Waals surface area contributed by atoms with E-state index in [4.69, 9.17) is 5.11 Å². The third kappa shape index (κ3) is 2.97. The molecule has 1 aromatic heterocycles. The Bertz CT molecular complexity index is 503. The minimum Gasteiger partial charge on any atom is -0.480 e. The van der Waals surface area contributed by atoms with Crippen LogP contribution >= 0.6 is 27.7 Å². The Labute approximate surface area is 124 Å². The lowest BCUT2D eigenvalue weighted by Crippen LogP contribution is -2.42. The molecule has 2 heterocycles. The van der Waals surface area contributed by atoms with Crippen LogP contribution in [0.1, 0.15) is 23.8 Å². The second kappa shape index (κ2) is 6.00. The van der Waals surface area contributed by atoms with Gasteiger partial charge in [0.25, 0.3) is 5.91 Å². The highest BCUT2D eigenvalue weighted by atomic mass is 79.9. The topological polar surface area (TPSA) is 62.5 Å². The van der Waals surface area contributed by atoms with E-state index < -0.39 is 12.0 Å². The van der Waals surface area contributed by atoms with Gasteiger partial charge in [-0.2, -0.15) is 0 Å². The van der Waals surface area contributed by atoms with Crippen molar-refractivity contribution in [1.29, 1.82) is 0 Å². The summed E-state index contributed by atoms with van der Waals surface area (Å²) < 4.78 is 2.71. The van der Waals surface area contributed by atoms with Crippen LogP contribution < -0.4 is 0 Å². The van der Waals surface area contributed by atoms with Gasteiger partial charge in [-0.25, -0.2) is 4.79 Å². The highest BCUT2D eigenvalue weighted by molar-refractivity contribution is 9.10. The summed E-state index contributed by atoms with van der Waals surface area (Å²) in [5.74, 6) is -0.260. The molecule has 1 fully saturated rings. The summed E-state index contributed by atoms with van der Waals surface area (Å²) in [6.45, 7) is 2.78. The highest BCUT2D eigenvalue weighted by Crippen LogP contribution is 2.25. The van der Waals surface area contributed by atoms with Crippen molar-refractivity contribution in [1.82, 2.24) is 9.47 Å². The maximum absolute atomic E-state index is 12.5. The van der Waals surface area contributed by atoms with Gasteiger partial charge in [0.15, 0.2) is 0 Å². The van der Waals surface area contributed by atoms with Gasteiger partial charge in [-0.1, -0.05) is 6.92 Å². The smallest absolute Gasteiger partial charge is 0.327 e. The van der Waals surface area contributed by atoms with E-state index in [1.54, 1.807) is 6.07 Å². The molecule has 1 amide bonds. The molecule has 5 nitrogen and oxygen atoms in total. The summed E-state index contributed by atoms with van der Waals surface area (Å²) in [7, 11) is 0. The third-order valence-corrected chi connectivity index (χ3v) is 4.42. The third-order valence-electron chi connectivity index (χ3n) is 2.98. The van der Waals surface area contributed by atoms with E-state index in [-0.39, 0.29) is 5.91 Å². The summed E-state index contributed by atoms with van der Waals surface area (Å²) >= 11 is 4.83. The first-order valence-corrected chi connectivity index (χ1v) is 7.96. The van der Waals surface area contributed by atoms with E-state index in [1.165, 1.54) is 16.7 Å². The number of rotatable bonds is 4. The van der Waals surface area contributed by atoms with Crippen molar-refractivity contribution in [3.63, 3.8) is 0 Å². The van der Waals surface area contributed by atoms with Gasteiger partial charge >= 0.3 is 5.97 Å². The molecule has 1 saturated heterocycles. The normalized spacial score (nSPS) is 18.8. The lowest BCUT2D eigenvalue weighted by molar-refractivity contribution is -0.140. The Morgan fingerprint density at radius 3 is 2.95 bits per heavy atom. The highest BCUT2D eigenvalue weighted by Gasteiger charge is 2.36. The number of carbonyl (C=O) groups excluding carboxylic acids is 1. The van der Waals surface area contributed by atoms with Crippen molar-refractivity contribution < 1.29 is 14.7 Å². The predicted molar refractivity (Wildman–Crippen MR) is 77.3 cm³/mol. The van der Waals surface area contributed by atoms with E-state index in [1.807, 2.05) is 17.7 Å². The van der Waals surface area contributed by atoms with Crippen LogP contribution in [-0.2, 0) is 11.3 Å². The molecule has 0 unspecified atom stereocenters. The van der Waals surface area contributed by atoms with Gasteiger partial charge in [-0.05, 0) is 28.4 Å². The zero-order valence-electron chi connectivity index (χ0n) is 10.5. The Hall–Kier alpha value is -0.950. The van der Waals surface area contributed by atoms with E-state index >= 15 is 0 Å². The number of aromatic nitrogens is 1. The number of nitrogens with zero attached hydrogens (tertiary/aromatic N) is 2. The van der Waals surface area contributed by atoms with Gasteiger partial charge in [0, 0.05) is 23.0 Å². The largest absolute Gasteiger partial charge is 0.480 e. The molecule has 1 aliphatic rings. The van der Waals surface area contributed by atoms with Crippen LogP contribution in [0.25, 0.3) is 0 Å². The van der Waals surface area contributed by atoms with Crippen molar-refractivity contribution in [3.8, 4) is 0 Å². The van der Waals surface area contributed by atoms with Gasteiger partial charge in [0.05, 0.1) is 5.88 Å². The van der Waals surface area contributed by atoms with Crippen LogP contribution in [0.2, 0.25) is 0 Å². The Kier molecular flexibility index (Phi) is 4.57. The Balaban J connectivity index is 2.26. The molecule has 0 saturated carbocycles. The Morgan fingerprint density at radius 2 is 2.32 bits per heavy atom. The lowest BCUT2D eigenvalue weighted by atomic mass is 10.2. The first-order chi connectivity index (χ1) is 9.04. The van der Waals surface area contributed by atoms with Crippen molar-refractivity contribution in [2.45, 2.75) is 25.9 Å². The maximum atomic E-state index is 12.5. The summed E-state index contributed by atoms with van der Waals surface area (Å²) in [6, 6.07) is 1.03. The second-order valence-electron chi connectivity index (χ2n) is 4.37. The minimum atomic E-state index is -0.939. The number of carbonyl (C=O) groups is 2. The molecule has 0 spiro atoms. The first kappa shape index (κ1) is 14.5. The molecule has 0 aliphatic carbocycles. The van der Waals surface area contributed by atoms with Crippen molar-refractivity contribution >= 4 is 39.6 Å². The zero-order valence-corrected chi connectivity index (χ0v) is 12.9. The van der Waals surface area contributed by atoms with E-state index in [0.29, 0.717) is 17.3 Å². The average molecular weight is 347 g/mol. The maximum Gasteiger partial charge on any atom is 0.327 e. The first-order valence-electron chi connectivity index (χ1n) is 6.01. The van der Waals surface area contributed by atoms with Crippen LogP contribution in [0.15, 0.2) is 16.7 Å². The molecule has 0 radical (unpaired) electrons. The fraction of sp³-hybridized carbons (Fsp3) is 0.500. The molecule has 1 aromatic rings. The van der Waals surface area contributed by atoms with Gasteiger partial charge in [0.2, 0.25) is 0 Å². The van der Waals surface area contributed by atoms with Crippen LogP contribution in [0.3, 0.4) is 0 Å². The fourth-order valence-electron chi connectivity index (χ4n) is 2.07. The zero-order chi connectivity index (χ0) is 14.0. The summed E-state index contributed by atoms with van der Waals surface area (Å²) in [5, 5.41) is 9.13. The summed E-state index contributed by atoms with van der Waals surface area (Å²) in [4.78, 5) is 25.1. The molecule has 1 atom stereocenters. The van der Waals surface area contributed by atoms with Crippen molar-refractivity contribution in [3.05, 3.63) is 22.4 Å². The van der Waals surface area contributed by atoms with Crippen molar-refractivity contribution in [2.75, 3.05) is 11.6 Å². The number of hydrogen-bond acceptors (Lipinski definition) is 3. The van der Waals surface area contributed by atoms with E-state index in [0.717, 1.165) is 17.4 Å². The number of hydrogen-bond donors (Lipinski definition) is 1. The lowest BCUT2D eigenvalue weighted by Gasteiger charge is -2.21. The van der Waals surface area contributed by atoms with Gasteiger partial charge in [-0.15, -0.1) is 11.8 Å². The number of halogens is 1. The van der Waals surface area contributed by atoms with E-state index in [2.05, 4.69) is 15.9 Å².